The van der Waals surface area contributed by atoms with Gasteiger partial charge in [-0.05, 0) is 13.8 Å². The van der Waals surface area contributed by atoms with Gasteiger partial charge in [0, 0.05) is 19.0 Å². The van der Waals surface area contributed by atoms with Gasteiger partial charge in [0.2, 0.25) is 5.88 Å². The van der Waals surface area contributed by atoms with Crippen LogP contribution in [0.5, 0.6) is 5.88 Å². The normalized spacial score (nSPS) is 15.2. The fraction of sp³-hybridized carbons (Fsp3) is 0.700. The van der Waals surface area contributed by atoms with E-state index in [9.17, 15) is 8.78 Å². The Balaban J connectivity index is 3.05. The molecule has 0 bridgehead atoms. The summed E-state index contributed by atoms with van der Waals surface area (Å²) in [6.07, 6.45) is -2.55. The first kappa shape index (κ1) is 12.9. The highest BCUT2D eigenvalue weighted by Gasteiger charge is 2.33. The minimum absolute atomic E-state index is 0.0352. The number of hydrogen-bond donors (Lipinski definition) is 1. The van der Waals surface area contributed by atoms with Gasteiger partial charge in [0.25, 0.3) is 6.43 Å². The number of hydrogen-bond acceptors (Lipinski definition) is 3. The third kappa shape index (κ3) is 2.32. The van der Waals surface area contributed by atoms with Gasteiger partial charge in [0.1, 0.15) is 0 Å². The summed E-state index contributed by atoms with van der Waals surface area (Å²) < 4.78 is 32.0. The van der Waals surface area contributed by atoms with Crippen molar-refractivity contribution in [3.8, 4) is 5.88 Å². The minimum atomic E-state index is -2.59. The Hall–Kier alpha value is -1.17. The van der Waals surface area contributed by atoms with E-state index in [4.69, 9.17) is 10.5 Å². The van der Waals surface area contributed by atoms with Crippen molar-refractivity contribution in [1.82, 2.24) is 9.78 Å². The van der Waals surface area contributed by atoms with E-state index in [1.54, 1.807) is 14.0 Å². The SMILES string of the molecule is COc1c(CC(C)(N)C(F)F)c(C)nn1C. The Kier molecular flexibility index (Phi) is 3.52. The molecule has 0 spiro atoms. The lowest BCUT2D eigenvalue weighted by atomic mass is 9.94. The molecule has 4 nitrogen and oxygen atoms in total. The molecule has 2 N–H and O–H groups in total. The van der Waals surface area contributed by atoms with Gasteiger partial charge in [-0.3, -0.25) is 0 Å². The highest BCUT2D eigenvalue weighted by Crippen LogP contribution is 2.27. The van der Waals surface area contributed by atoms with Crippen LogP contribution >= 0.6 is 0 Å². The molecule has 0 amide bonds. The zero-order chi connectivity index (χ0) is 12.5. The van der Waals surface area contributed by atoms with Crippen LogP contribution in [0.1, 0.15) is 18.2 Å². The Bertz CT molecular complexity index is 374. The number of alkyl halides is 2. The Morgan fingerprint density at radius 2 is 2.12 bits per heavy atom. The van der Waals surface area contributed by atoms with Gasteiger partial charge in [-0.25, -0.2) is 13.5 Å². The molecular formula is C10H17F2N3O. The number of rotatable bonds is 4. The quantitative estimate of drug-likeness (QED) is 0.851. The lowest BCUT2D eigenvalue weighted by molar-refractivity contribution is 0.0635. The fourth-order valence-electron chi connectivity index (χ4n) is 1.60. The van der Waals surface area contributed by atoms with Gasteiger partial charge in [0.15, 0.2) is 0 Å². The van der Waals surface area contributed by atoms with Gasteiger partial charge in [-0.2, -0.15) is 5.10 Å². The summed E-state index contributed by atoms with van der Waals surface area (Å²) in [5.41, 5.74) is 5.28. The van der Waals surface area contributed by atoms with E-state index in [2.05, 4.69) is 5.10 Å². The molecule has 1 aromatic rings. The van der Waals surface area contributed by atoms with Crippen molar-refractivity contribution < 1.29 is 13.5 Å². The first-order valence-corrected chi connectivity index (χ1v) is 4.93. The topological polar surface area (TPSA) is 53.1 Å². The Morgan fingerprint density at radius 1 is 1.56 bits per heavy atom. The fourth-order valence-corrected chi connectivity index (χ4v) is 1.60. The number of nitrogens with zero attached hydrogens (tertiary/aromatic N) is 2. The molecule has 16 heavy (non-hydrogen) atoms. The third-order valence-corrected chi connectivity index (χ3v) is 2.54. The molecule has 0 fully saturated rings. The first-order chi connectivity index (χ1) is 7.29. The largest absolute Gasteiger partial charge is 0.481 e. The van der Waals surface area contributed by atoms with Crippen LogP contribution in [-0.2, 0) is 13.5 Å². The second-order valence-corrected chi connectivity index (χ2v) is 4.18. The van der Waals surface area contributed by atoms with E-state index in [1.165, 1.54) is 18.7 Å². The third-order valence-electron chi connectivity index (χ3n) is 2.54. The van der Waals surface area contributed by atoms with Crippen LogP contribution in [0.2, 0.25) is 0 Å². The van der Waals surface area contributed by atoms with Crippen LogP contribution in [-0.4, -0.2) is 28.9 Å². The molecule has 1 unspecified atom stereocenters. The number of halogens is 2. The van der Waals surface area contributed by atoms with Crippen molar-refractivity contribution in [3.05, 3.63) is 11.3 Å². The molecule has 1 heterocycles. The maximum absolute atomic E-state index is 12.7. The molecule has 0 saturated heterocycles. The highest BCUT2D eigenvalue weighted by molar-refractivity contribution is 5.32. The van der Waals surface area contributed by atoms with Crippen LogP contribution < -0.4 is 10.5 Å². The maximum Gasteiger partial charge on any atom is 0.256 e. The van der Waals surface area contributed by atoms with Gasteiger partial charge in [-0.1, -0.05) is 0 Å². The molecule has 6 heteroatoms. The maximum atomic E-state index is 12.7. The number of aromatic nitrogens is 2. The molecule has 0 radical (unpaired) electrons. The summed E-state index contributed by atoms with van der Waals surface area (Å²) in [4.78, 5) is 0. The molecule has 0 aliphatic carbocycles. The second-order valence-electron chi connectivity index (χ2n) is 4.18. The lowest BCUT2D eigenvalue weighted by Crippen LogP contribution is -2.46. The average molecular weight is 233 g/mol. The van der Waals surface area contributed by atoms with Crippen molar-refractivity contribution in [2.45, 2.75) is 32.2 Å². The van der Waals surface area contributed by atoms with Crippen LogP contribution in [0, 0.1) is 6.92 Å². The van der Waals surface area contributed by atoms with E-state index in [0.717, 1.165) is 0 Å². The van der Waals surface area contributed by atoms with Crippen LogP contribution in [0.25, 0.3) is 0 Å². The standard InChI is InChI=1S/C10H17F2N3O/c1-6-7(5-10(2,13)9(11)12)8(16-4)15(3)14-6/h9H,5,13H2,1-4H3. The summed E-state index contributed by atoms with van der Waals surface area (Å²) in [5.74, 6) is 0.481. The first-order valence-electron chi connectivity index (χ1n) is 4.93. The summed E-state index contributed by atoms with van der Waals surface area (Å²) in [6, 6.07) is 0. The van der Waals surface area contributed by atoms with E-state index in [1.807, 2.05) is 0 Å². The summed E-state index contributed by atoms with van der Waals surface area (Å²) in [6.45, 7) is 3.07. The number of nitrogens with two attached hydrogens (primary N) is 1. The zero-order valence-corrected chi connectivity index (χ0v) is 9.92. The van der Waals surface area contributed by atoms with E-state index in [0.29, 0.717) is 17.1 Å². The van der Waals surface area contributed by atoms with Crippen molar-refractivity contribution in [1.29, 1.82) is 0 Å². The molecule has 0 aliphatic rings. The Morgan fingerprint density at radius 3 is 2.56 bits per heavy atom. The second kappa shape index (κ2) is 4.37. The van der Waals surface area contributed by atoms with Crippen molar-refractivity contribution >= 4 is 0 Å². The predicted molar refractivity (Wildman–Crippen MR) is 56.8 cm³/mol. The molecule has 1 atom stereocenters. The van der Waals surface area contributed by atoms with Gasteiger partial charge in [0.05, 0.1) is 18.3 Å². The summed E-state index contributed by atoms with van der Waals surface area (Å²) in [5, 5.41) is 4.12. The zero-order valence-electron chi connectivity index (χ0n) is 9.92. The lowest BCUT2D eigenvalue weighted by Gasteiger charge is -2.23. The van der Waals surface area contributed by atoms with Crippen molar-refractivity contribution in [3.63, 3.8) is 0 Å². The highest BCUT2D eigenvalue weighted by atomic mass is 19.3. The summed E-state index contributed by atoms with van der Waals surface area (Å²) >= 11 is 0. The number of methoxy groups -OCH3 is 1. The number of aryl methyl sites for hydroxylation is 2. The monoisotopic (exact) mass is 233 g/mol. The molecular weight excluding hydrogens is 216 g/mol. The van der Waals surface area contributed by atoms with Gasteiger partial charge in [-0.15, -0.1) is 0 Å². The van der Waals surface area contributed by atoms with Crippen LogP contribution in [0.4, 0.5) is 8.78 Å². The molecule has 92 valence electrons. The molecule has 1 rings (SSSR count). The minimum Gasteiger partial charge on any atom is -0.481 e. The molecule has 1 aromatic heterocycles. The van der Waals surface area contributed by atoms with Crippen molar-refractivity contribution in [2.75, 3.05) is 7.11 Å². The van der Waals surface area contributed by atoms with Gasteiger partial charge >= 0.3 is 0 Å². The van der Waals surface area contributed by atoms with Crippen LogP contribution in [0.3, 0.4) is 0 Å². The van der Waals surface area contributed by atoms with Crippen molar-refractivity contribution in [2.24, 2.45) is 12.8 Å². The van der Waals surface area contributed by atoms with E-state index >= 15 is 0 Å². The van der Waals surface area contributed by atoms with Crippen LogP contribution in [0.15, 0.2) is 0 Å². The van der Waals surface area contributed by atoms with Gasteiger partial charge < -0.3 is 10.5 Å². The predicted octanol–water partition coefficient (Wildman–Crippen LogP) is 1.26. The molecule has 0 aromatic carbocycles. The number of ether oxygens (including phenoxy) is 1. The van der Waals surface area contributed by atoms with E-state index < -0.39 is 12.0 Å². The Labute approximate surface area is 93.4 Å². The average Bonchev–Trinajstić information content (AvgIpc) is 2.40. The molecule has 0 aliphatic heterocycles. The molecule has 0 saturated carbocycles. The van der Waals surface area contributed by atoms with E-state index in [-0.39, 0.29) is 6.42 Å². The summed E-state index contributed by atoms with van der Waals surface area (Å²) in [7, 11) is 3.18. The smallest absolute Gasteiger partial charge is 0.256 e.